The molecule has 0 bridgehead atoms. The predicted molar refractivity (Wildman–Crippen MR) is 70.8 cm³/mol. The Kier molecular flexibility index (Phi) is 3.47. The molecule has 3 aliphatic rings. The molecule has 1 saturated carbocycles. The van der Waals surface area contributed by atoms with Crippen LogP contribution in [0.5, 0.6) is 0 Å². The van der Waals surface area contributed by atoms with Crippen LogP contribution < -0.4 is 0 Å². The third-order valence-electron chi connectivity index (χ3n) is 4.15. The molecule has 0 spiro atoms. The Morgan fingerprint density at radius 2 is 2.11 bits per heavy atom. The quantitative estimate of drug-likeness (QED) is 0.843. The van der Waals surface area contributed by atoms with Gasteiger partial charge >= 0.3 is 5.97 Å². The monoisotopic (exact) mass is 285 g/mol. The SMILES string of the molecule is CC1CC(C(=O)N2C(C(=O)O)CSC2C2CC2)CO1. The number of rotatable bonds is 3. The van der Waals surface area contributed by atoms with Crippen molar-refractivity contribution in [3.63, 3.8) is 0 Å². The van der Waals surface area contributed by atoms with Crippen LogP contribution in [0.2, 0.25) is 0 Å². The molecular weight excluding hydrogens is 266 g/mol. The lowest BCUT2D eigenvalue weighted by Gasteiger charge is -2.29. The van der Waals surface area contributed by atoms with E-state index in [1.165, 1.54) is 0 Å². The third-order valence-corrected chi connectivity index (χ3v) is 5.61. The summed E-state index contributed by atoms with van der Waals surface area (Å²) in [5.74, 6) is -0.0322. The number of ether oxygens (including phenoxy) is 1. The van der Waals surface area contributed by atoms with Gasteiger partial charge in [-0.2, -0.15) is 0 Å². The van der Waals surface area contributed by atoms with Crippen molar-refractivity contribution in [1.29, 1.82) is 0 Å². The van der Waals surface area contributed by atoms with Gasteiger partial charge in [0.05, 0.1) is 24.0 Å². The molecule has 1 amide bonds. The smallest absolute Gasteiger partial charge is 0.327 e. The lowest BCUT2D eigenvalue weighted by atomic mass is 10.0. The normalized spacial score (nSPS) is 38.7. The molecule has 3 fully saturated rings. The molecule has 2 heterocycles. The van der Waals surface area contributed by atoms with Crippen molar-refractivity contribution >= 4 is 23.6 Å². The Hall–Kier alpha value is -0.750. The van der Waals surface area contributed by atoms with Crippen LogP contribution in [-0.2, 0) is 14.3 Å². The highest BCUT2D eigenvalue weighted by atomic mass is 32.2. The fourth-order valence-electron chi connectivity index (χ4n) is 2.94. The van der Waals surface area contributed by atoms with E-state index in [4.69, 9.17) is 4.74 Å². The van der Waals surface area contributed by atoms with Gasteiger partial charge in [0, 0.05) is 5.75 Å². The van der Waals surface area contributed by atoms with Crippen molar-refractivity contribution in [2.45, 2.75) is 43.7 Å². The first-order valence-corrected chi connectivity index (χ1v) is 7.91. The first kappa shape index (κ1) is 13.2. The van der Waals surface area contributed by atoms with Crippen molar-refractivity contribution < 1.29 is 19.4 Å². The largest absolute Gasteiger partial charge is 0.480 e. The predicted octanol–water partition coefficient (Wildman–Crippen LogP) is 1.18. The second-order valence-corrected chi connectivity index (χ2v) is 6.89. The van der Waals surface area contributed by atoms with Crippen LogP contribution in [0.25, 0.3) is 0 Å². The highest BCUT2D eigenvalue weighted by Crippen LogP contribution is 2.46. The summed E-state index contributed by atoms with van der Waals surface area (Å²) in [5, 5.41) is 9.38. The number of hydrogen-bond donors (Lipinski definition) is 1. The topological polar surface area (TPSA) is 66.8 Å². The summed E-state index contributed by atoms with van der Waals surface area (Å²) in [6, 6.07) is -0.654. The molecule has 2 saturated heterocycles. The summed E-state index contributed by atoms with van der Waals surface area (Å²) in [7, 11) is 0. The Morgan fingerprint density at radius 1 is 1.37 bits per heavy atom. The van der Waals surface area contributed by atoms with Gasteiger partial charge in [-0.05, 0) is 32.1 Å². The number of thioether (sulfide) groups is 1. The van der Waals surface area contributed by atoms with Crippen LogP contribution in [0.15, 0.2) is 0 Å². The first-order chi connectivity index (χ1) is 9.08. The van der Waals surface area contributed by atoms with E-state index in [1.54, 1.807) is 16.7 Å². The number of carbonyl (C=O) groups excluding carboxylic acids is 1. The fraction of sp³-hybridized carbons (Fsp3) is 0.846. The van der Waals surface area contributed by atoms with Gasteiger partial charge in [-0.1, -0.05) is 0 Å². The fourth-order valence-corrected chi connectivity index (χ4v) is 4.58. The lowest BCUT2D eigenvalue weighted by molar-refractivity contribution is -0.151. The van der Waals surface area contributed by atoms with Crippen LogP contribution in [0.4, 0.5) is 0 Å². The number of hydrogen-bond acceptors (Lipinski definition) is 4. The Morgan fingerprint density at radius 3 is 2.63 bits per heavy atom. The molecule has 1 N–H and O–H groups in total. The molecule has 3 rings (SSSR count). The van der Waals surface area contributed by atoms with E-state index in [2.05, 4.69) is 0 Å². The van der Waals surface area contributed by atoms with Gasteiger partial charge in [0.1, 0.15) is 6.04 Å². The first-order valence-electron chi connectivity index (χ1n) is 6.86. The minimum atomic E-state index is -0.879. The van der Waals surface area contributed by atoms with Crippen molar-refractivity contribution in [2.75, 3.05) is 12.4 Å². The molecular formula is C13H19NO4S. The minimum Gasteiger partial charge on any atom is -0.480 e. The van der Waals surface area contributed by atoms with Gasteiger partial charge < -0.3 is 14.7 Å². The number of carboxylic acids is 1. The molecule has 19 heavy (non-hydrogen) atoms. The van der Waals surface area contributed by atoms with Crippen molar-refractivity contribution in [2.24, 2.45) is 11.8 Å². The maximum Gasteiger partial charge on any atom is 0.327 e. The zero-order valence-electron chi connectivity index (χ0n) is 10.9. The average Bonchev–Trinajstić information content (AvgIpc) is 2.96. The summed E-state index contributed by atoms with van der Waals surface area (Å²) in [6.45, 7) is 2.39. The van der Waals surface area contributed by atoms with Gasteiger partial charge in [-0.15, -0.1) is 11.8 Å². The highest BCUT2D eigenvalue weighted by Gasteiger charge is 2.49. The Labute approximate surface area is 116 Å². The number of carboxylic acid groups (broad SMARTS) is 1. The van der Waals surface area contributed by atoms with E-state index in [9.17, 15) is 14.7 Å². The molecule has 5 nitrogen and oxygen atoms in total. The van der Waals surface area contributed by atoms with Crippen LogP contribution in [0.3, 0.4) is 0 Å². The van der Waals surface area contributed by atoms with Gasteiger partial charge in [0.2, 0.25) is 5.91 Å². The van der Waals surface area contributed by atoms with Crippen molar-refractivity contribution in [1.82, 2.24) is 4.90 Å². The molecule has 4 unspecified atom stereocenters. The molecule has 4 atom stereocenters. The van der Waals surface area contributed by atoms with Gasteiger partial charge in [-0.3, -0.25) is 4.79 Å². The maximum atomic E-state index is 12.6. The van der Waals surface area contributed by atoms with Crippen LogP contribution in [-0.4, -0.2) is 51.8 Å². The van der Waals surface area contributed by atoms with Gasteiger partial charge in [0.25, 0.3) is 0 Å². The molecule has 1 aliphatic carbocycles. The summed E-state index contributed by atoms with van der Waals surface area (Å²) in [6.07, 6.45) is 3.05. The number of carbonyl (C=O) groups is 2. The maximum absolute atomic E-state index is 12.6. The second-order valence-electron chi connectivity index (χ2n) is 5.74. The van der Waals surface area contributed by atoms with Crippen LogP contribution >= 0.6 is 11.8 Å². The molecule has 0 aromatic heterocycles. The van der Waals surface area contributed by atoms with E-state index in [0.717, 1.165) is 12.8 Å². The molecule has 0 aromatic rings. The lowest BCUT2D eigenvalue weighted by Crippen LogP contribution is -2.48. The third kappa shape index (κ3) is 2.48. The van der Waals surface area contributed by atoms with E-state index < -0.39 is 12.0 Å². The Balaban J connectivity index is 1.77. The number of aliphatic carboxylic acids is 1. The summed E-state index contributed by atoms with van der Waals surface area (Å²) in [5.41, 5.74) is 0. The minimum absolute atomic E-state index is 0.0151. The molecule has 0 aromatic carbocycles. The number of amides is 1. The molecule has 0 radical (unpaired) electrons. The standard InChI is InChI=1S/C13H19NO4S/c1-7-4-9(5-18-7)11(15)14-10(13(16)17)6-19-12(14)8-2-3-8/h7-10,12H,2-6H2,1H3,(H,16,17). The molecule has 106 valence electrons. The highest BCUT2D eigenvalue weighted by molar-refractivity contribution is 8.00. The van der Waals surface area contributed by atoms with Crippen LogP contribution in [0.1, 0.15) is 26.2 Å². The van der Waals surface area contributed by atoms with Crippen molar-refractivity contribution in [3.05, 3.63) is 0 Å². The Bertz CT molecular complexity index is 398. The van der Waals surface area contributed by atoms with Crippen LogP contribution in [0, 0.1) is 11.8 Å². The van der Waals surface area contributed by atoms with E-state index in [1.807, 2.05) is 6.92 Å². The number of nitrogens with zero attached hydrogens (tertiary/aromatic N) is 1. The van der Waals surface area contributed by atoms with E-state index in [-0.39, 0.29) is 23.3 Å². The van der Waals surface area contributed by atoms with E-state index >= 15 is 0 Å². The molecule has 6 heteroatoms. The zero-order valence-corrected chi connectivity index (χ0v) is 11.8. The molecule has 2 aliphatic heterocycles. The summed E-state index contributed by atoms with van der Waals surface area (Å²) >= 11 is 1.63. The summed E-state index contributed by atoms with van der Waals surface area (Å²) in [4.78, 5) is 25.6. The average molecular weight is 285 g/mol. The zero-order chi connectivity index (χ0) is 13.6. The summed E-state index contributed by atoms with van der Waals surface area (Å²) < 4.78 is 5.45. The van der Waals surface area contributed by atoms with E-state index in [0.29, 0.717) is 24.7 Å². The van der Waals surface area contributed by atoms with Gasteiger partial charge in [-0.25, -0.2) is 4.79 Å². The van der Waals surface area contributed by atoms with Gasteiger partial charge in [0.15, 0.2) is 0 Å². The second kappa shape index (κ2) is 4.98. The van der Waals surface area contributed by atoms with Crippen molar-refractivity contribution in [3.8, 4) is 0 Å².